The Balaban J connectivity index is 3.12. The molecule has 1 nitrogen and oxygen atoms in total. The van der Waals surface area contributed by atoms with Crippen LogP contribution in [0.3, 0.4) is 0 Å². The summed E-state index contributed by atoms with van der Waals surface area (Å²) in [6.45, 7) is 10.3. The molecular weight excluding hydrogens is 154 g/mol. The van der Waals surface area contributed by atoms with Gasteiger partial charge in [-0.2, -0.15) is 0 Å². The summed E-state index contributed by atoms with van der Waals surface area (Å²) in [4.78, 5) is 5.51. The first-order chi connectivity index (χ1) is 5.05. The van der Waals surface area contributed by atoms with Crippen LogP contribution in [0.25, 0.3) is 6.08 Å². The van der Waals surface area contributed by atoms with E-state index in [1.807, 2.05) is 11.6 Å². The number of aromatic nitrogens is 1. The van der Waals surface area contributed by atoms with Crippen molar-refractivity contribution in [2.24, 2.45) is 0 Å². The first kappa shape index (κ1) is 8.47. The third-order valence-corrected chi connectivity index (χ3v) is 2.74. The highest BCUT2D eigenvalue weighted by atomic mass is 32.1. The Kier molecular flexibility index (Phi) is 2.14. The fourth-order valence-corrected chi connectivity index (χ4v) is 1.84. The van der Waals surface area contributed by atoms with Crippen LogP contribution in [-0.4, -0.2) is 4.98 Å². The standard InChI is InChI=1S/C9H13NS/c1-5-7-8(9(2,3)4)11-6-10-7/h5-6H,1H2,2-4H3. The van der Waals surface area contributed by atoms with Gasteiger partial charge < -0.3 is 0 Å². The van der Waals surface area contributed by atoms with Crippen LogP contribution in [0.4, 0.5) is 0 Å². The number of nitrogens with zero attached hydrogens (tertiary/aromatic N) is 1. The van der Waals surface area contributed by atoms with Gasteiger partial charge in [-0.15, -0.1) is 11.3 Å². The predicted octanol–water partition coefficient (Wildman–Crippen LogP) is 3.08. The molecule has 60 valence electrons. The topological polar surface area (TPSA) is 12.9 Å². The van der Waals surface area contributed by atoms with E-state index < -0.39 is 0 Å². The van der Waals surface area contributed by atoms with Crippen LogP contribution in [0.5, 0.6) is 0 Å². The zero-order valence-electron chi connectivity index (χ0n) is 7.22. The van der Waals surface area contributed by atoms with Crippen LogP contribution in [0.1, 0.15) is 31.3 Å². The Bertz CT molecular complexity index is 255. The van der Waals surface area contributed by atoms with Gasteiger partial charge in [0.15, 0.2) is 0 Å². The molecule has 0 aliphatic rings. The largest absolute Gasteiger partial charge is 0.245 e. The molecular formula is C9H13NS. The van der Waals surface area contributed by atoms with Crippen LogP contribution in [0.15, 0.2) is 12.1 Å². The number of thiazole rings is 1. The van der Waals surface area contributed by atoms with Crippen molar-refractivity contribution < 1.29 is 0 Å². The third-order valence-electron chi connectivity index (χ3n) is 1.47. The Labute approximate surface area is 71.8 Å². The van der Waals surface area contributed by atoms with Gasteiger partial charge in [-0.05, 0) is 11.5 Å². The zero-order valence-corrected chi connectivity index (χ0v) is 8.03. The van der Waals surface area contributed by atoms with Crippen molar-refractivity contribution in [1.82, 2.24) is 4.98 Å². The summed E-state index contributed by atoms with van der Waals surface area (Å²) in [5.41, 5.74) is 3.10. The van der Waals surface area contributed by atoms with Crippen molar-refractivity contribution in [3.63, 3.8) is 0 Å². The van der Waals surface area contributed by atoms with E-state index >= 15 is 0 Å². The van der Waals surface area contributed by atoms with Crippen molar-refractivity contribution >= 4 is 17.4 Å². The molecule has 0 radical (unpaired) electrons. The van der Waals surface area contributed by atoms with Gasteiger partial charge in [0.2, 0.25) is 0 Å². The van der Waals surface area contributed by atoms with Gasteiger partial charge in [-0.25, -0.2) is 4.98 Å². The van der Waals surface area contributed by atoms with Crippen LogP contribution in [0.2, 0.25) is 0 Å². The molecule has 11 heavy (non-hydrogen) atoms. The second kappa shape index (κ2) is 2.78. The van der Waals surface area contributed by atoms with Crippen molar-refractivity contribution in [2.45, 2.75) is 26.2 Å². The SMILES string of the molecule is C=Cc1ncsc1C(C)(C)C. The summed E-state index contributed by atoms with van der Waals surface area (Å²) >= 11 is 1.70. The highest BCUT2D eigenvalue weighted by Gasteiger charge is 2.18. The monoisotopic (exact) mass is 167 g/mol. The summed E-state index contributed by atoms with van der Waals surface area (Å²) in [5.74, 6) is 0. The molecule has 0 bridgehead atoms. The van der Waals surface area contributed by atoms with E-state index in [1.165, 1.54) is 4.88 Å². The molecule has 0 aliphatic heterocycles. The molecule has 0 aliphatic carbocycles. The minimum atomic E-state index is 0.199. The van der Waals surface area contributed by atoms with Crippen molar-refractivity contribution in [3.05, 3.63) is 22.7 Å². The molecule has 2 heteroatoms. The normalized spacial score (nSPS) is 11.5. The Hall–Kier alpha value is -0.630. The minimum absolute atomic E-state index is 0.199. The molecule has 0 saturated carbocycles. The molecule has 0 aromatic carbocycles. The molecule has 0 saturated heterocycles. The van der Waals surface area contributed by atoms with Gasteiger partial charge in [0.25, 0.3) is 0 Å². The van der Waals surface area contributed by atoms with E-state index in [-0.39, 0.29) is 5.41 Å². The highest BCUT2D eigenvalue weighted by Crippen LogP contribution is 2.29. The predicted molar refractivity (Wildman–Crippen MR) is 50.9 cm³/mol. The van der Waals surface area contributed by atoms with E-state index in [2.05, 4.69) is 32.3 Å². The average Bonchev–Trinajstić information content (AvgIpc) is 2.31. The summed E-state index contributed by atoms with van der Waals surface area (Å²) in [7, 11) is 0. The lowest BCUT2D eigenvalue weighted by atomic mass is 9.93. The maximum Gasteiger partial charge on any atom is 0.0801 e. The summed E-state index contributed by atoms with van der Waals surface area (Å²) in [6.07, 6.45) is 1.82. The molecule has 1 aromatic rings. The lowest BCUT2D eigenvalue weighted by Gasteiger charge is -2.16. The molecule has 0 atom stereocenters. The van der Waals surface area contributed by atoms with Gasteiger partial charge in [-0.1, -0.05) is 27.4 Å². The first-order valence-electron chi connectivity index (χ1n) is 3.62. The van der Waals surface area contributed by atoms with Crippen molar-refractivity contribution in [1.29, 1.82) is 0 Å². The van der Waals surface area contributed by atoms with E-state index in [0.717, 1.165) is 5.69 Å². The van der Waals surface area contributed by atoms with Crippen LogP contribution in [-0.2, 0) is 5.41 Å². The highest BCUT2D eigenvalue weighted by molar-refractivity contribution is 7.10. The fourth-order valence-electron chi connectivity index (χ4n) is 0.961. The quantitative estimate of drug-likeness (QED) is 0.626. The number of hydrogen-bond donors (Lipinski definition) is 0. The Morgan fingerprint density at radius 1 is 1.55 bits per heavy atom. The molecule has 1 aromatic heterocycles. The molecule has 0 spiro atoms. The van der Waals surface area contributed by atoms with E-state index in [0.29, 0.717) is 0 Å². The van der Waals surface area contributed by atoms with Gasteiger partial charge >= 0.3 is 0 Å². The average molecular weight is 167 g/mol. The lowest BCUT2D eigenvalue weighted by Crippen LogP contribution is -2.10. The van der Waals surface area contributed by atoms with Gasteiger partial charge in [0.05, 0.1) is 11.2 Å². The maximum atomic E-state index is 4.20. The summed E-state index contributed by atoms with van der Waals surface area (Å²) in [5, 5.41) is 0. The van der Waals surface area contributed by atoms with Gasteiger partial charge in [0.1, 0.15) is 0 Å². The number of hydrogen-bond acceptors (Lipinski definition) is 2. The van der Waals surface area contributed by atoms with E-state index in [4.69, 9.17) is 0 Å². The van der Waals surface area contributed by atoms with E-state index in [9.17, 15) is 0 Å². The van der Waals surface area contributed by atoms with Crippen molar-refractivity contribution in [3.8, 4) is 0 Å². The minimum Gasteiger partial charge on any atom is -0.245 e. The first-order valence-corrected chi connectivity index (χ1v) is 4.50. The lowest BCUT2D eigenvalue weighted by molar-refractivity contribution is 0.601. The molecule has 0 amide bonds. The van der Waals surface area contributed by atoms with E-state index in [1.54, 1.807) is 11.3 Å². The van der Waals surface area contributed by atoms with Crippen LogP contribution < -0.4 is 0 Å². The fraction of sp³-hybridized carbons (Fsp3) is 0.444. The van der Waals surface area contributed by atoms with Gasteiger partial charge in [-0.3, -0.25) is 0 Å². The second-order valence-corrected chi connectivity index (χ2v) is 4.38. The van der Waals surface area contributed by atoms with Gasteiger partial charge in [0, 0.05) is 4.88 Å². The van der Waals surface area contributed by atoms with Crippen LogP contribution in [0, 0.1) is 0 Å². The third kappa shape index (κ3) is 1.69. The smallest absolute Gasteiger partial charge is 0.0801 e. The molecule has 1 rings (SSSR count). The zero-order chi connectivity index (χ0) is 8.48. The molecule has 0 fully saturated rings. The molecule has 1 heterocycles. The maximum absolute atomic E-state index is 4.20. The Morgan fingerprint density at radius 2 is 2.18 bits per heavy atom. The van der Waals surface area contributed by atoms with Crippen molar-refractivity contribution in [2.75, 3.05) is 0 Å². The molecule has 0 unspecified atom stereocenters. The molecule has 0 N–H and O–H groups in total. The summed E-state index contributed by atoms with van der Waals surface area (Å²) < 4.78 is 0. The second-order valence-electron chi connectivity index (χ2n) is 3.52. The van der Waals surface area contributed by atoms with Crippen LogP contribution >= 0.6 is 11.3 Å². The summed E-state index contributed by atoms with van der Waals surface area (Å²) in [6, 6.07) is 0. The Morgan fingerprint density at radius 3 is 2.55 bits per heavy atom. The number of rotatable bonds is 1.